The van der Waals surface area contributed by atoms with E-state index >= 15 is 0 Å². The molecule has 2 unspecified atom stereocenters. The van der Waals surface area contributed by atoms with Crippen molar-refractivity contribution < 1.29 is 5.06 Å². The van der Waals surface area contributed by atoms with Crippen molar-refractivity contribution in [1.82, 2.24) is 14.8 Å². The van der Waals surface area contributed by atoms with Gasteiger partial charge in [-0.15, -0.1) is 10.2 Å². The van der Waals surface area contributed by atoms with Crippen LogP contribution in [-0.2, 0) is 0 Å². The molecule has 2 heterocycles. The first kappa shape index (κ1) is 6.56. The molecule has 64 valence electrons. The third-order valence-electron chi connectivity index (χ3n) is 2.99. The van der Waals surface area contributed by atoms with Crippen molar-refractivity contribution >= 4 is 0 Å². The molecule has 0 aromatic carbocycles. The van der Waals surface area contributed by atoms with E-state index < -0.39 is 0 Å². The number of nitrogens with zero attached hydrogens (tertiary/aromatic N) is 3. The monoisotopic (exact) mass is 166 g/mol. The smallest absolute Gasteiger partial charge is 0.119 e. The van der Waals surface area contributed by atoms with E-state index in [1.807, 2.05) is 4.57 Å². The second-order valence-electron chi connectivity index (χ2n) is 3.67. The maximum Gasteiger partial charge on any atom is 0.119 e. The minimum atomic E-state index is 0.425. The molecule has 2 fully saturated rings. The van der Waals surface area contributed by atoms with Gasteiger partial charge in [0, 0.05) is 11.8 Å². The highest BCUT2D eigenvalue weighted by Crippen LogP contribution is 2.50. The molecule has 1 saturated heterocycles. The minimum Gasteiger partial charge on any atom is -0.634 e. The molecule has 3 rings (SSSR count). The van der Waals surface area contributed by atoms with Crippen molar-refractivity contribution in [1.29, 1.82) is 0 Å². The minimum absolute atomic E-state index is 0.425. The topological polar surface area (TPSA) is 58.2 Å². The molecule has 1 saturated carbocycles. The van der Waals surface area contributed by atoms with E-state index in [9.17, 15) is 5.21 Å². The van der Waals surface area contributed by atoms with Gasteiger partial charge < -0.3 is 14.8 Å². The van der Waals surface area contributed by atoms with Crippen LogP contribution in [0.4, 0.5) is 0 Å². The Hall–Kier alpha value is -0.940. The Morgan fingerprint density at radius 3 is 2.42 bits per heavy atom. The number of hydrogen-bond acceptors (Lipinski definition) is 3. The lowest BCUT2D eigenvalue weighted by Gasteiger charge is -2.18. The standard InChI is InChI=1S/C7H10N4O/c12-11-1-5-6(2-11)7(5)10-3-8-9-4-10/h3-7,11H,1-2H2/t5-,6+,7?. The van der Waals surface area contributed by atoms with Crippen LogP contribution in [-0.4, -0.2) is 27.9 Å². The molecule has 1 aliphatic carbocycles. The SMILES string of the molecule is [O-][NH+]1C[C@@H]2C(n3cnnc3)[C@@H]2C1. The summed E-state index contributed by atoms with van der Waals surface area (Å²) in [6, 6.07) is 0.526. The number of rotatable bonds is 1. The van der Waals surface area contributed by atoms with E-state index in [1.54, 1.807) is 12.7 Å². The first-order chi connectivity index (χ1) is 5.86. The number of hydrogen-bond donors (Lipinski definition) is 1. The molecular weight excluding hydrogens is 156 g/mol. The van der Waals surface area contributed by atoms with E-state index in [1.165, 1.54) is 0 Å². The summed E-state index contributed by atoms with van der Waals surface area (Å²) in [6.45, 7) is 1.54. The van der Waals surface area contributed by atoms with Gasteiger partial charge in [-0.25, -0.2) is 0 Å². The maximum absolute atomic E-state index is 11.0. The van der Waals surface area contributed by atoms with Crippen LogP contribution in [0.5, 0.6) is 0 Å². The van der Waals surface area contributed by atoms with Crippen molar-refractivity contribution in [3.8, 4) is 0 Å². The summed E-state index contributed by atoms with van der Waals surface area (Å²) in [6.07, 6.45) is 3.49. The summed E-state index contributed by atoms with van der Waals surface area (Å²) in [5, 5.41) is 18.9. The summed E-state index contributed by atoms with van der Waals surface area (Å²) in [5.74, 6) is 1.18. The number of quaternary nitrogens is 1. The molecule has 1 N–H and O–H groups in total. The molecule has 1 aromatic rings. The molecule has 5 heteroatoms. The van der Waals surface area contributed by atoms with Gasteiger partial charge in [0.2, 0.25) is 0 Å². The Bertz CT molecular complexity index is 274. The Morgan fingerprint density at radius 2 is 1.83 bits per heavy atom. The molecule has 2 aliphatic rings. The fraction of sp³-hybridized carbons (Fsp3) is 0.714. The van der Waals surface area contributed by atoms with E-state index in [4.69, 9.17) is 0 Å². The highest BCUT2D eigenvalue weighted by atomic mass is 16.5. The Balaban J connectivity index is 1.78. The Labute approximate surface area is 69.6 Å². The highest BCUT2D eigenvalue weighted by molar-refractivity contribution is 5.04. The van der Waals surface area contributed by atoms with E-state index in [0.717, 1.165) is 13.1 Å². The highest BCUT2D eigenvalue weighted by Gasteiger charge is 2.58. The van der Waals surface area contributed by atoms with Crippen molar-refractivity contribution in [3.05, 3.63) is 17.9 Å². The molecule has 1 aromatic heterocycles. The number of piperidine rings is 1. The van der Waals surface area contributed by atoms with Crippen molar-refractivity contribution in [2.24, 2.45) is 11.8 Å². The van der Waals surface area contributed by atoms with Crippen LogP contribution >= 0.6 is 0 Å². The quantitative estimate of drug-likeness (QED) is 0.514. The fourth-order valence-electron chi connectivity index (χ4n) is 2.38. The molecule has 4 atom stereocenters. The first-order valence-electron chi connectivity index (χ1n) is 4.22. The van der Waals surface area contributed by atoms with Crippen LogP contribution in [0.1, 0.15) is 6.04 Å². The first-order valence-corrected chi connectivity index (χ1v) is 4.22. The Morgan fingerprint density at radius 1 is 1.25 bits per heavy atom. The van der Waals surface area contributed by atoms with Gasteiger partial charge >= 0.3 is 0 Å². The van der Waals surface area contributed by atoms with Gasteiger partial charge in [-0.05, 0) is 0 Å². The largest absolute Gasteiger partial charge is 0.634 e. The zero-order valence-electron chi connectivity index (χ0n) is 6.55. The second kappa shape index (κ2) is 2.05. The molecule has 0 bridgehead atoms. The predicted molar refractivity (Wildman–Crippen MR) is 40.1 cm³/mol. The van der Waals surface area contributed by atoms with Gasteiger partial charge in [0.25, 0.3) is 0 Å². The summed E-state index contributed by atoms with van der Waals surface area (Å²) in [7, 11) is 0. The zero-order chi connectivity index (χ0) is 8.13. The third-order valence-corrected chi connectivity index (χ3v) is 2.99. The average molecular weight is 166 g/mol. The van der Waals surface area contributed by atoms with Gasteiger partial charge in [-0.2, -0.15) is 0 Å². The molecule has 0 radical (unpaired) electrons. The van der Waals surface area contributed by atoms with Gasteiger partial charge in [0.05, 0.1) is 19.1 Å². The molecule has 5 nitrogen and oxygen atoms in total. The normalized spacial score (nSPS) is 44.4. The molecule has 1 aliphatic heterocycles. The number of nitrogens with one attached hydrogen (secondary N) is 1. The Kier molecular flexibility index (Phi) is 1.12. The van der Waals surface area contributed by atoms with Crippen molar-refractivity contribution in [3.63, 3.8) is 0 Å². The zero-order valence-corrected chi connectivity index (χ0v) is 6.55. The van der Waals surface area contributed by atoms with Crippen LogP contribution in [0.2, 0.25) is 0 Å². The summed E-state index contributed by atoms with van der Waals surface area (Å²) >= 11 is 0. The lowest BCUT2D eigenvalue weighted by atomic mass is 10.4. The van der Waals surface area contributed by atoms with Crippen LogP contribution in [0.3, 0.4) is 0 Å². The molecule has 0 spiro atoms. The van der Waals surface area contributed by atoms with Gasteiger partial charge in [0.15, 0.2) is 0 Å². The van der Waals surface area contributed by atoms with Crippen molar-refractivity contribution in [2.45, 2.75) is 6.04 Å². The second-order valence-corrected chi connectivity index (χ2v) is 3.67. The molecular formula is C7H10N4O. The van der Waals surface area contributed by atoms with Crippen LogP contribution in [0.15, 0.2) is 12.7 Å². The summed E-state index contributed by atoms with van der Waals surface area (Å²) < 4.78 is 2.03. The molecule has 12 heavy (non-hydrogen) atoms. The summed E-state index contributed by atoms with van der Waals surface area (Å²) in [5.41, 5.74) is 0. The van der Waals surface area contributed by atoms with E-state index in [2.05, 4.69) is 10.2 Å². The summed E-state index contributed by atoms with van der Waals surface area (Å²) in [4.78, 5) is 0. The number of fused-ring (bicyclic) bond motifs is 1. The lowest BCUT2D eigenvalue weighted by molar-refractivity contribution is -0.840. The van der Waals surface area contributed by atoms with Crippen LogP contribution < -0.4 is 5.06 Å². The average Bonchev–Trinajstić information content (AvgIpc) is 2.58. The van der Waals surface area contributed by atoms with E-state index in [0.29, 0.717) is 22.9 Å². The number of aromatic nitrogens is 3. The van der Waals surface area contributed by atoms with Gasteiger partial charge in [-0.3, -0.25) is 0 Å². The predicted octanol–water partition coefficient (Wildman–Crippen LogP) is -1.54. The van der Waals surface area contributed by atoms with Crippen molar-refractivity contribution in [2.75, 3.05) is 13.1 Å². The third kappa shape index (κ3) is 0.748. The van der Waals surface area contributed by atoms with E-state index in [-0.39, 0.29) is 0 Å². The maximum atomic E-state index is 11.0. The number of hydroxylamine groups is 2. The van der Waals surface area contributed by atoms with Crippen LogP contribution in [0, 0.1) is 17.0 Å². The molecule has 0 amide bonds. The fourth-order valence-corrected chi connectivity index (χ4v) is 2.38. The van der Waals surface area contributed by atoms with Gasteiger partial charge in [-0.1, -0.05) is 0 Å². The van der Waals surface area contributed by atoms with Crippen LogP contribution in [0.25, 0.3) is 0 Å². The lowest BCUT2D eigenvalue weighted by Crippen LogP contribution is -3.06. The van der Waals surface area contributed by atoms with Gasteiger partial charge in [0.1, 0.15) is 12.7 Å².